The second-order valence-electron chi connectivity index (χ2n) is 4.27. The minimum atomic E-state index is -0.708. The fraction of sp³-hybridized carbons (Fsp3) is 0.538. The Morgan fingerprint density at radius 1 is 1.45 bits per heavy atom. The predicted octanol–water partition coefficient (Wildman–Crippen LogP) is -0.131. The molecule has 0 aromatic carbocycles. The van der Waals surface area contributed by atoms with Crippen LogP contribution in [0.1, 0.15) is 28.0 Å². The molecule has 0 bridgehead atoms. The van der Waals surface area contributed by atoms with Crippen LogP contribution in [0.25, 0.3) is 0 Å². The minimum absolute atomic E-state index is 0.198. The molecule has 1 rings (SSSR count). The fourth-order valence-electron chi connectivity index (χ4n) is 1.49. The number of hydrogen-bond donors (Lipinski definition) is 2. The quantitative estimate of drug-likeness (QED) is 0.637. The van der Waals surface area contributed by atoms with Crippen molar-refractivity contribution in [3.8, 4) is 0 Å². The molecule has 0 radical (unpaired) electrons. The number of nitrogens with zero attached hydrogens (tertiary/aromatic N) is 1. The summed E-state index contributed by atoms with van der Waals surface area (Å²) in [6.07, 6.45) is 2.27. The van der Waals surface area contributed by atoms with E-state index < -0.39 is 23.9 Å². The van der Waals surface area contributed by atoms with Crippen LogP contribution in [0.5, 0.6) is 0 Å². The summed E-state index contributed by atoms with van der Waals surface area (Å²) in [5, 5.41) is 3.10. The number of methoxy groups -OCH3 is 1. The van der Waals surface area contributed by atoms with E-state index in [0.717, 1.165) is 0 Å². The molecule has 22 heavy (non-hydrogen) atoms. The molecule has 1 aromatic rings. The Morgan fingerprint density at radius 2 is 2.18 bits per heavy atom. The predicted molar refractivity (Wildman–Crippen MR) is 79.4 cm³/mol. The number of carbonyl (C=O) groups is 3. The van der Waals surface area contributed by atoms with E-state index in [-0.39, 0.29) is 13.2 Å². The van der Waals surface area contributed by atoms with Crippen molar-refractivity contribution in [3.63, 3.8) is 0 Å². The van der Waals surface area contributed by atoms with Crippen molar-refractivity contribution in [2.24, 2.45) is 5.73 Å². The lowest BCUT2D eigenvalue weighted by atomic mass is 10.2. The first-order valence-corrected chi connectivity index (χ1v) is 7.51. The zero-order valence-electron chi connectivity index (χ0n) is 12.5. The number of thiazole rings is 1. The molecule has 0 aliphatic carbocycles. The van der Waals surface area contributed by atoms with Crippen LogP contribution in [-0.4, -0.2) is 49.1 Å². The molecule has 0 aliphatic rings. The summed E-state index contributed by atoms with van der Waals surface area (Å²) in [5.41, 5.74) is 5.69. The van der Waals surface area contributed by atoms with Gasteiger partial charge in [0.1, 0.15) is 17.5 Å². The van der Waals surface area contributed by atoms with E-state index in [2.05, 4.69) is 15.0 Å². The van der Waals surface area contributed by atoms with E-state index >= 15 is 0 Å². The molecule has 1 atom stereocenters. The van der Waals surface area contributed by atoms with Crippen LogP contribution in [0.15, 0.2) is 6.20 Å². The first kappa shape index (κ1) is 18.1. The van der Waals surface area contributed by atoms with Crippen LogP contribution in [0.2, 0.25) is 0 Å². The van der Waals surface area contributed by atoms with E-state index in [0.29, 0.717) is 22.7 Å². The highest BCUT2D eigenvalue weighted by atomic mass is 32.1. The first-order chi connectivity index (χ1) is 10.5. The number of aromatic nitrogens is 1. The van der Waals surface area contributed by atoms with E-state index in [4.69, 9.17) is 10.5 Å². The molecule has 0 saturated heterocycles. The lowest BCUT2D eigenvalue weighted by Gasteiger charge is -2.08. The van der Waals surface area contributed by atoms with Gasteiger partial charge >= 0.3 is 11.9 Å². The first-order valence-electron chi connectivity index (χ1n) is 6.69. The van der Waals surface area contributed by atoms with Crippen LogP contribution in [0, 0.1) is 0 Å². The van der Waals surface area contributed by atoms with E-state index in [1.165, 1.54) is 24.6 Å². The Bertz CT molecular complexity index is 532. The average molecular weight is 329 g/mol. The standard InChI is InChI=1S/C13H19N3O5S/c1-3-21-13(19)8(14)4-5-10-15-6-9(22-10)12(18)16-7-11(17)20-2/h6,8H,3-5,7,14H2,1-2H3,(H,16,18). The number of nitrogens with two attached hydrogens (primary N) is 1. The topological polar surface area (TPSA) is 121 Å². The molecule has 0 aliphatic heterocycles. The number of rotatable bonds is 8. The number of esters is 2. The SMILES string of the molecule is CCOC(=O)C(N)CCc1ncc(C(=O)NCC(=O)OC)s1. The van der Waals surface area contributed by atoms with Gasteiger partial charge in [0, 0.05) is 6.42 Å². The Labute approximate surface area is 132 Å². The Kier molecular flexibility index (Phi) is 7.47. The van der Waals surface area contributed by atoms with Crippen LogP contribution in [0.3, 0.4) is 0 Å². The zero-order valence-corrected chi connectivity index (χ0v) is 13.3. The van der Waals surface area contributed by atoms with Crippen molar-refractivity contribution < 1.29 is 23.9 Å². The van der Waals surface area contributed by atoms with Gasteiger partial charge in [-0.15, -0.1) is 11.3 Å². The van der Waals surface area contributed by atoms with Crippen molar-refractivity contribution in [2.45, 2.75) is 25.8 Å². The molecular weight excluding hydrogens is 310 g/mol. The summed E-state index contributed by atoms with van der Waals surface area (Å²) < 4.78 is 9.24. The normalized spacial score (nSPS) is 11.6. The van der Waals surface area contributed by atoms with Crippen molar-refractivity contribution >= 4 is 29.2 Å². The maximum Gasteiger partial charge on any atom is 0.325 e. The number of ether oxygens (including phenoxy) is 2. The fourth-order valence-corrected chi connectivity index (χ4v) is 2.34. The van der Waals surface area contributed by atoms with Gasteiger partial charge in [0.05, 0.1) is 24.9 Å². The highest BCUT2D eigenvalue weighted by Crippen LogP contribution is 2.15. The lowest BCUT2D eigenvalue weighted by Crippen LogP contribution is -2.32. The molecular formula is C13H19N3O5S. The van der Waals surface area contributed by atoms with Crippen molar-refractivity contribution in [2.75, 3.05) is 20.3 Å². The summed E-state index contributed by atoms with van der Waals surface area (Å²) in [7, 11) is 1.24. The number of hydrogen-bond acceptors (Lipinski definition) is 8. The molecule has 1 aromatic heterocycles. The molecule has 0 spiro atoms. The molecule has 3 N–H and O–H groups in total. The van der Waals surface area contributed by atoms with Crippen LogP contribution in [0.4, 0.5) is 0 Å². The summed E-state index contributed by atoms with van der Waals surface area (Å²) in [5.74, 6) is -1.38. The molecule has 122 valence electrons. The molecule has 8 nitrogen and oxygen atoms in total. The van der Waals surface area contributed by atoms with Gasteiger partial charge in [0.25, 0.3) is 5.91 Å². The number of nitrogens with one attached hydrogen (secondary N) is 1. The third-order valence-corrected chi connectivity index (χ3v) is 3.71. The van der Waals surface area contributed by atoms with Gasteiger partial charge in [-0.3, -0.25) is 14.4 Å². The maximum absolute atomic E-state index is 11.8. The molecule has 1 unspecified atom stereocenters. The third-order valence-electron chi connectivity index (χ3n) is 2.66. The summed E-state index contributed by atoms with van der Waals surface area (Å²) in [4.78, 5) is 38.6. The maximum atomic E-state index is 11.8. The Balaban J connectivity index is 2.45. The monoisotopic (exact) mass is 329 g/mol. The second-order valence-corrected chi connectivity index (χ2v) is 5.39. The Morgan fingerprint density at radius 3 is 2.82 bits per heavy atom. The van der Waals surface area contributed by atoms with Gasteiger partial charge in [0.2, 0.25) is 0 Å². The van der Waals surface area contributed by atoms with Gasteiger partial charge in [-0.1, -0.05) is 0 Å². The summed E-state index contributed by atoms with van der Waals surface area (Å²) in [6.45, 7) is 1.80. The number of carbonyl (C=O) groups excluding carboxylic acids is 3. The Hall–Kier alpha value is -2.00. The van der Waals surface area contributed by atoms with E-state index in [9.17, 15) is 14.4 Å². The molecule has 9 heteroatoms. The van der Waals surface area contributed by atoms with Crippen molar-refractivity contribution in [1.82, 2.24) is 10.3 Å². The van der Waals surface area contributed by atoms with Gasteiger partial charge in [-0.25, -0.2) is 4.98 Å². The second kappa shape index (κ2) is 9.11. The smallest absolute Gasteiger partial charge is 0.325 e. The highest BCUT2D eigenvalue weighted by Gasteiger charge is 2.16. The molecule has 0 saturated carbocycles. The third kappa shape index (κ3) is 5.78. The summed E-state index contributed by atoms with van der Waals surface area (Å²) in [6, 6.07) is -0.708. The summed E-state index contributed by atoms with van der Waals surface area (Å²) >= 11 is 1.18. The largest absolute Gasteiger partial charge is 0.468 e. The van der Waals surface area contributed by atoms with Gasteiger partial charge in [0.15, 0.2) is 0 Å². The number of amides is 1. The van der Waals surface area contributed by atoms with Crippen LogP contribution >= 0.6 is 11.3 Å². The lowest BCUT2D eigenvalue weighted by molar-refractivity contribution is -0.144. The van der Waals surface area contributed by atoms with E-state index in [1.807, 2.05) is 0 Å². The minimum Gasteiger partial charge on any atom is -0.468 e. The van der Waals surface area contributed by atoms with Gasteiger partial charge in [-0.05, 0) is 13.3 Å². The van der Waals surface area contributed by atoms with Gasteiger partial charge < -0.3 is 20.5 Å². The highest BCUT2D eigenvalue weighted by molar-refractivity contribution is 7.13. The van der Waals surface area contributed by atoms with Crippen molar-refractivity contribution in [1.29, 1.82) is 0 Å². The van der Waals surface area contributed by atoms with Crippen LogP contribution in [-0.2, 0) is 25.5 Å². The average Bonchev–Trinajstić information content (AvgIpc) is 2.99. The van der Waals surface area contributed by atoms with E-state index in [1.54, 1.807) is 6.92 Å². The zero-order chi connectivity index (χ0) is 16.5. The van der Waals surface area contributed by atoms with Gasteiger partial charge in [-0.2, -0.15) is 0 Å². The van der Waals surface area contributed by atoms with Crippen molar-refractivity contribution in [3.05, 3.63) is 16.1 Å². The number of aryl methyl sites for hydroxylation is 1. The molecule has 0 fully saturated rings. The molecule has 1 amide bonds. The van der Waals surface area contributed by atoms with Crippen LogP contribution < -0.4 is 11.1 Å². The molecule has 1 heterocycles.